The molecule has 0 saturated heterocycles. The van der Waals surface area contributed by atoms with E-state index in [1.807, 2.05) is 32.0 Å². The van der Waals surface area contributed by atoms with Crippen LogP contribution in [0, 0.1) is 0 Å². The molecule has 1 heterocycles. The van der Waals surface area contributed by atoms with Gasteiger partial charge in [0.15, 0.2) is 23.9 Å². The number of ether oxygens (including phenoxy) is 3. The van der Waals surface area contributed by atoms with E-state index in [1.165, 1.54) is 0 Å². The molecule has 0 fully saturated rings. The third-order valence-corrected chi connectivity index (χ3v) is 3.64. The van der Waals surface area contributed by atoms with E-state index in [9.17, 15) is 4.79 Å². The summed E-state index contributed by atoms with van der Waals surface area (Å²) >= 11 is 3.39. The summed E-state index contributed by atoms with van der Waals surface area (Å²) in [5.74, 6) is 1.39. The van der Waals surface area contributed by atoms with Crippen LogP contribution < -0.4 is 9.47 Å². The summed E-state index contributed by atoms with van der Waals surface area (Å²) in [5, 5.41) is 0. The maximum Gasteiger partial charge on any atom is 0.162 e. The van der Waals surface area contributed by atoms with Crippen LogP contribution in [0.15, 0.2) is 22.7 Å². The Kier molecular flexibility index (Phi) is 4.12. The van der Waals surface area contributed by atoms with Gasteiger partial charge in [0.2, 0.25) is 0 Å². The van der Waals surface area contributed by atoms with Gasteiger partial charge < -0.3 is 19.0 Å². The van der Waals surface area contributed by atoms with Gasteiger partial charge in [-0.1, -0.05) is 15.9 Å². The number of carbonyl (C=O) groups is 1. The van der Waals surface area contributed by atoms with E-state index in [0.717, 1.165) is 10.8 Å². The van der Waals surface area contributed by atoms with Gasteiger partial charge in [-0.15, -0.1) is 0 Å². The predicted molar refractivity (Wildman–Crippen MR) is 79.4 cm³/mol. The molecule has 1 aliphatic heterocycles. The maximum absolute atomic E-state index is 11.0. The fraction of sp³-hybridized carbons (Fsp3) is 0.533. The molecule has 0 aromatic heterocycles. The summed E-state index contributed by atoms with van der Waals surface area (Å²) in [4.78, 5) is 11.0. The third-order valence-electron chi connectivity index (χ3n) is 3.15. The summed E-state index contributed by atoms with van der Waals surface area (Å²) < 4.78 is 18.5. The van der Waals surface area contributed by atoms with Gasteiger partial charge in [0, 0.05) is 4.47 Å². The normalized spacial score (nSPS) is 18.8. The highest BCUT2D eigenvalue weighted by Crippen LogP contribution is 2.37. The van der Waals surface area contributed by atoms with E-state index >= 15 is 0 Å². The van der Waals surface area contributed by atoms with E-state index in [-0.39, 0.29) is 6.10 Å². The van der Waals surface area contributed by atoms with Gasteiger partial charge in [-0.05, 0) is 45.9 Å². The highest BCUT2D eigenvalue weighted by Gasteiger charge is 2.40. The number of hydrogen-bond acceptors (Lipinski definition) is 4. The lowest BCUT2D eigenvalue weighted by Crippen LogP contribution is -2.52. The number of fused-ring (bicyclic) bond motifs is 1. The molecule has 1 aromatic carbocycles. The molecule has 1 atom stereocenters. The van der Waals surface area contributed by atoms with Crippen molar-refractivity contribution in [1.82, 2.24) is 0 Å². The maximum atomic E-state index is 11.0. The fourth-order valence-electron chi connectivity index (χ4n) is 2.16. The van der Waals surface area contributed by atoms with Crippen molar-refractivity contribution in [3.63, 3.8) is 0 Å². The number of hydrogen-bond donors (Lipinski definition) is 0. The van der Waals surface area contributed by atoms with Crippen molar-refractivity contribution in [2.75, 3.05) is 6.61 Å². The van der Waals surface area contributed by atoms with Crippen molar-refractivity contribution < 1.29 is 19.0 Å². The summed E-state index contributed by atoms with van der Waals surface area (Å²) in [7, 11) is 0. The van der Waals surface area contributed by atoms with Gasteiger partial charge in [0.1, 0.15) is 17.8 Å². The van der Waals surface area contributed by atoms with Crippen LogP contribution in [0.5, 0.6) is 11.5 Å². The Morgan fingerprint density at radius 1 is 1.30 bits per heavy atom. The van der Waals surface area contributed by atoms with Gasteiger partial charge in [-0.3, -0.25) is 0 Å². The van der Waals surface area contributed by atoms with E-state index in [4.69, 9.17) is 14.2 Å². The molecule has 20 heavy (non-hydrogen) atoms. The van der Waals surface area contributed by atoms with Crippen molar-refractivity contribution in [3.05, 3.63) is 22.7 Å². The summed E-state index contributed by atoms with van der Waals surface area (Å²) in [5.41, 5.74) is -1.50. The van der Waals surface area contributed by atoms with Gasteiger partial charge in [0.25, 0.3) is 0 Å². The molecule has 0 saturated carbocycles. The molecule has 1 aromatic rings. The Morgan fingerprint density at radius 3 is 2.65 bits per heavy atom. The lowest BCUT2D eigenvalue weighted by molar-refractivity contribution is -0.175. The van der Waals surface area contributed by atoms with E-state index in [1.54, 1.807) is 13.8 Å². The molecule has 0 N–H and O–H groups in total. The Hall–Kier alpha value is -1.07. The zero-order chi connectivity index (χ0) is 15.0. The highest BCUT2D eigenvalue weighted by molar-refractivity contribution is 9.10. The van der Waals surface area contributed by atoms with Crippen molar-refractivity contribution in [2.24, 2.45) is 0 Å². The molecule has 0 unspecified atom stereocenters. The molecular formula is C15H19BrO4. The zero-order valence-electron chi connectivity index (χ0n) is 12.1. The second-order valence-electron chi connectivity index (χ2n) is 5.94. The van der Waals surface area contributed by atoms with E-state index < -0.39 is 11.2 Å². The predicted octanol–water partition coefficient (Wildman–Crippen LogP) is 3.36. The Balaban J connectivity index is 2.15. The first-order valence-electron chi connectivity index (χ1n) is 6.49. The van der Waals surface area contributed by atoms with Gasteiger partial charge in [-0.2, -0.15) is 0 Å². The molecule has 4 nitrogen and oxygen atoms in total. The first-order valence-corrected chi connectivity index (χ1v) is 7.28. The minimum absolute atomic E-state index is 0.282. The molecule has 0 aliphatic carbocycles. The third kappa shape index (κ3) is 3.33. The molecule has 0 amide bonds. The van der Waals surface area contributed by atoms with Crippen LogP contribution >= 0.6 is 15.9 Å². The largest absolute Gasteiger partial charge is 0.486 e. The van der Waals surface area contributed by atoms with Crippen LogP contribution in [0.25, 0.3) is 0 Å². The smallest absolute Gasteiger partial charge is 0.162 e. The number of aldehydes is 1. The second-order valence-corrected chi connectivity index (χ2v) is 6.85. The van der Waals surface area contributed by atoms with Crippen LogP contribution in [-0.4, -0.2) is 30.2 Å². The van der Waals surface area contributed by atoms with E-state index in [0.29, 0.717) is 18.1 Å². The minimum Gasteiger partial charge on any atom is -0.486 e. The van der Waals surface area contributed by atoms with Gasteiger partial charge in [0.05, 0.1) is 0 Å². The average molecular weight is 343 g/mol. The SMILES string of the molecule is CC(C)(C=O)OC(C)(C)[C@H]1COc2cc(Br)ccc2O1. The van der Waals surface area contributed by atoms with Gasteiger partial charge in [-0.25, -0.2) is 0 Å². The monoisotopic (exact) mass is 342 g/mol. The number of carbonyl (C=O) groups excluding carboxylic acids is 1. The average Bonchev–Trinajstić information content (AvgIpc) is 2.37. The van der Waals surface area contributed by atoms with Crippen LogP contribution in [0.3, 0.4) is 0 Å². The quantitative estimate of drug-likeness (QED) is 0.787. The van der Waals surface area contributed by atoms with Crippen molar-refractivity contribution >= 4 is 22.2 Å². The molecule has 2 rings (SSSR count). The van der Waals surface area contributed by atoms with Crippen molar-refractivity contribution in [1.29, 1.82) is 0 Å². The summed E-state index contributed by atoms with van der Waals surface area (Å²) in [6.45, 7) is 7.64. The summed E-state index contributed by atoms with van der Waals surface area (Å²) in [6, 6.07) is 5.62. The lowest BCUT2D eigenvalue weighted by atomic mass is 9.99. The molecule has 5 heteroatoms. The van der Waals surface area contributed by atoms with E-state index in [2.05, 4.69) is 15.9 Å². The summed E-state index contributed by atoms with van der Waals surface area (Å²) in [6.07, 6.45) is 0.513. The molecule has 1 aliphatic rings. The zero-order valence-corrected chi connectivity index (χ0v) is 13.7. The fourth-order valence-corrected chi connectivity index (χ4v) is 2.50. The van der Waals surface area contributed by atoms with Crippen molar-refractivity contribution in [2.45, 2.75) is 45.0 Å². The highest BCUT2D eigenvalue weighted by atomic mass is 79.9. The molecule has 0 radical (unpaired) electrons. The Bertz CT molecular complexity index is 511. The van der Waals surface area contributed by atoms with Crippen LogP contribution in [0.1, 0.15) is 27.7 Å². The minimum atomic E-state index is -0.854. The molecule has 0 spiro atoms. The van der Waals surface area contributed by atoms with Crippen molar-refractivity contribution in [3.8, 4) is 11.5 Å². The standard InChI is InChI=1S/C15H19BrO4/c1-14(2,9-17)20-15(3,4)13-8-18-12-7-10(16)5-6-11(12)19-13/h5-7,9,13H,8H2,1-4H3/t13-/m1/s1. The number of benzene rings is 1. The lowest BCUT2D eigenvalue weighted by Gasteiger charge is -2.40. The topological polar surface area (TPSA) is 44.8 Å². The first kappa shape index (κ1) is 15.3. The van der Waals surface area contributed by atoms with Gasteiger partial charge >= 0.3 is 0 Å². The first-order chi connectivity index (χ1) is 9.23. The molecule has 0 bridgehead atoms. The van der Waals surface area contributed by atoms with Crippen LogP contribution in [0.4, 0.5) is 0 Å². The Labute approximate surface area is 127 Å². The number of rotatable bonds is 4. The molecule has 110 valence electrons. The molecular weight excluding hydrogens is 324 g/mol. The van der Waals surface area contributed by atoms with Crippen LogP contribution in [0.2, 0.25) is 0 Å². The Morgan fingerprint density at radius 2 is 2.00 bits per heavy atom. The van der Waals surface area contributed by atoms with Crippen LogP contribution in [-0.2, 0) is 9.53 Å². The number of halogens is 1. The second kappa shape index (κ2) is 5.37.